The fourth-order valence-electron chi connectivity index (χ4n) is 3.00. The van der Waals surface area contributed by atoms with Gasteiger partial charge in [0.25, 0.3) is 0 Å². The Bertz CT molecular complexity index is 1010. The summed E-state index contributed by atoms with van der Waals surface area (Å²) in [4.78, 5) is 23.9. The van der Waals surface area contributed by atoms with Crippen LogP contribution in [0.1, 0.15) is 40.4 Å². The topological polar surface area (TPSA) is 110 Å². The van der Waals surface area contributed by atoms with E-state index in [0.29, 0.717) is 16.8 Å². The Hall–Kier alpha value is -1.98. The lowest BCUT2D eigenvalue weighted by Crippen LogP contribution is -2.36. The summed E-state index contributed by atoms with van der Waals surface area (Å²) in [5.41, 5.74) is 8.52. The van der Waals surface area contributed by atoms with E-state index < -0.39 is 25.8 Å². The Morgan fingerprint density at radius 3 is 2.39 bits per heavy atom. The number of sulfonamides is 1. The summed E-state index contributed by atoms with van der Waals surface area (Å²) in [5, 5.41) is 2.75. The van der Waals surface area contributed by atoms with Crippen LogP contribution in [0.2, 0.25) is 0 Å². The summed E-state index contributed by atoms with van der Waals surface area (Å²) in [5.74, 6) is -0.899. The van der Waals surface area contributed by atoms with Gasteiger partial charge in [0.05, 0.1) is 12.8 Å². The predicted molar refractivity (Wildman–Crippen MR) is 131 cm³/mol. The van der Waals surface area contributed by atoms with Crippen molar-refractivity contribution >= 4 is 50.1 Å². The molecule has 0 aliphatic carbocycles. The second-order valence-electron chi connectivity index (χ2n) is 7.39. The van der Waals surface area contributed by atoms with E-state index in [1.54, 1.807) is 24.3 Å². The van der Waals surface area contributed by atoms with Crippen molar-refractivity contribution in [1.29, 1.82) is 0 Å². The molecule has 0 bridgehead atoms. The number of halogens is 1. The molecule has 9 heteroatoms. The number of alkyl halides is 1. The number of primary amides is 1. The fraction of sp³-hybridized carbons (Fsp3) is 0.364. The predicted octanol–water partition coefficient (Wildman–Crippen LogP) is 3.39. The van der Waals surface area contributed by atoms with Gasteiger partial charge in [-0.05, 0) is 41.7 Å². The maximum Gasteiger partial charge on any atom is 0.239 e. The third-order valence-corrected chi connectivity index (χ3v) is 7.23. The number of hydrogen-bond donors (Lipinski definition) is 2. The Balaban J connectivity index is 2.07. The van der Waals surface area contributed by atoms with Gasteiger partial charge in [0.1, 0.15) is 3.92 Å². The first kappa shape index (κ1) is 25.3. The van der Waals surface area contributed by atoms with Crippen molar-refractivity contribution in [3.8, 4) is 0 Å². The molecule has 2 aromatic rings. The highest BCUT2D eigenvalue weighted by molar-refractivity contribution is 14.1. The van der Waals surface area contributed by atoms with Crippen molar-refractivity contribution in [2.45, 2.75) is 36.7 Å². The molecule has 0 aliphatic rings. The molecule has 2 amide bonds. The van der Waals surface area contributed by atoms with Crippen LogP contribution in [0.15, 0.2) is 48.5 Å². The van der Waals surface area contributed by atoms with E-state index >= 15 is 0 Å². The van der Waals surface area contributed by atoms with Gasteiger partial charge in [0.2, 0.25) is 21.8 Å². The SMILES string of the molecule is CCCCc1ccc(NC(=O)CN(Cc2cccc(C(I)C(N)=O)c2)S(C)(=O)=O)cc1. The van der Waals surface area contributed by atoms with E-state index in [2.05, 4.69) is 12.2 Å². The zero-order valence-electron chi connectivity index (χ0n) is 17.7. The van der Waals surface area contributed by atoms with Gasteiger partial charge in [-0.3, -0.25) is 9.59 Å². The van der Waals surface area contributed by atoms with Crippen molar-refractivity contribution in [2.24, 2.45) is 5.73 Å². The monoisotopic (exact) mass is 557 g/mol. The van der Waals surface area contributed by atoms with E-state index in [1.807, 2.05) is 46.9 Å². The largest absolute Gasteiger partial charge is 0.368 e. The molecule has 0 saturated carbocycles. The summed E-state index contributed by atoms with van der Waals surface area (Å²) in [6.45, 7) is 1.83. The molecule has 2 rings (SSSR count). The molecule has 1 unspecified atom stereocenters. The third-order valence-electron chi connectivity index (χ3n) is 4.70. The number of nitrogens with zero attached hydrogens (tertiary/aromatic N) is 1. The highest BCUT2D eigenvalue weighted by Crippen LogP contribution is 2.24. The standard InChI is InChI=1S/C22H28IN3O4S/c1-3-4-6-16-9-11-19(12-10-16)25-20(27)15-26(31(2,29)30)14-17-7-5-8-18(13-17)21(23)22(24)28/h5,7-13,21H,3-4,6,14-15H2,1-2H3,(H2,24,28)(H,25,27). The average Bonchev–Trinajstić information content (AvgIpc) is 2.71. The van der Waals surface area contributed by atoms with Crippen LogP contribution in [0.25, 0.3) is 0 Å². The number of carbonyl (C=O) groups is 2. The molecule has 31 heavy (non-hydrogen) atoms. The van der Waals surface area contributed by atoms with Crippen LogP contribution in [0.3, 0.4) is 0 Å². The van der Waals surface area contributed by atoms with Gasteiger partial charge in [0.15, 0.2) is 0 Å². The average molecular weight is 557 g/mol. The molecule has 0 saturated heterocycles. The van der Waals surface area contributed by atoms with Crippen LogP contribution < -0.4 is 11.1 Å². The molecule has 0 aromatic heterocycles. The van der Waals surface area contributed by atoms with Gasteiger partial charge in [-0.1, -0.05) is 72.3 Å². The number of rotatable bonds is 11. The minimum atomic E-state index is -3.64. The molecule has 2 aromatic carbocycles. The van der Waals surface area contributed by atoms with Crippen molar-refractivity contribution in [3.05, 3.63) is 65.2 Å². The number of aryl methyl sites for hydroxylation is 1. The molecular formula is C22H28IN3O4S. The summed E-state index contributed by atoms with van der Waals surface area (Å²) < 4.78 is 25.1. The number of hydrogen-bond acceptors (Lipinski definition) is 4. The Morgan fingerprint density at radius 1 is 1.13 bits per heavy atom. The Kier molecular flexibility index (Phi) is 9.45. The summed E-state index contributed by atoms with van der Waals surface area (Å²) in [7, 11) is -3.64. The minimum Gasteiger partial charge on any atom is -0.368 e. The third kappa shape index (κ3) is 8.23. The minimum absolute atomic E-state index is 0.0121. The molecule has 7 nitrogen and oxygen atoms in total. The van der Waals surface area contributed by atoms with E-state index in [1.165, 1.54) is 5.56 Å². The quantitative estimate of drug-likeness (QED) is 0.326. The fourth-order valence-corrected chi connectivity index (χ4v) is 4.13. The van der Waals surface area contributed by atoms with Crippen LogP contribution in [-0.2, 0) is 32.6 Å². The van der Waals surface area contributed by atoms with Gasteiger partial charge >= 0.3 is 0 Å². The van der Waals surface area contributed by atoms with Gasteiger partial charge in [0, 0.05) is 12.2 Å². The maximum atomic E-state index is 12.5. The van der Waals surface area contributed by atoms with Gasteiger partial charge in [-0.2, -0.15) is 4.31 Å². The molecule has 0 spiro atoms. The number of amides is 2. The molecule has 0 radical (unpaired) electrons. The molecule has 1 atom stereocenters. The Morgan fingerprint density at radius 2 is 1.81 bits per heavy atom. The number of nitrogens with two attached hydrogens (primary N) is 1. The number of anilines is 1. The van der Waals surface area contributed by atoms with Crippen LogP contribution in [0, 0.1) is 0 Å². The molecule has 3 N–H and O–H groups in total. The second kappa shape index (κ2) is 11.6. The van der Waals surface area contributed by atoms with Crippen molar-refractivity contribution < 1.29 is 18.0 Å². The van der Waals surface area contributed by atoms with Crippen LogP contribution >= 0.6 is 22.6 Å². The van der Waals surface area contributed by atoms with Gasteiger partial charge < -0.3 is 11.1 Å². The number of benzene rings is 2. The van der Waals surface area contributed by atoms with Gasteiger partial charge in [-0.15, -0.1) is 0 Å². The first-order valence-corrected chi connectivity index (χ1v) is 13.1. The smallest absolute Gasteiger partial charge is 0.239 e. The molecular weight excluding hydrogens is 529 g/mol. The van der Waals surface area contributed by atoms with E-state index in [9.17, 15) is 18.0 Å². The van der Waals surface area contributed by atoms with E-state index in [4.69, 9.17) is 5.73 Å². The second-order valence-corrected chi connectivity index (χ2v) is 10.6. The summed E-state index contributed by atoms with van der Waals surface area (Å²) in [6.07, 6.45) is 4.27. The van der Waals surface area contributed by atoms with Crippen LogP contribution in [0.5, 0.6) is 0 Å². The van der Waals surface area contributed by atoms with Crippen molar-refractivity contribution in [1.82, 2.24) is 4.31 Å². The molecule has 168 valence electrons. The number of unbranched alkanes of at least 4 members (excludes halogenated alkanes) is 1. The first-order valence-electron chi connectivity index (χ1n) is 9.96. The summed E-state index contributed by atoms with van der Waals surface area (Å²) >= 11 is 1.94. The highest BCUT2D eigenvalue weighted by atomic mass is 127. The van der Waals surface area contributed by atoms with Gasteiger partial charge in [-0.25, -0.2) is 8.42 Å². The van der Waals surface area contributed by atoms with E-state index in [0.717, 1.165) is 29.8 Å². The molecule has 0 fully saturated rings. The zero-order valence-corrected chi connectivity index (χ0v) is 20.6. The Labute approximate surface area is 197 Å². The number of nitrogens with one attached hydrogen (secondary N) is 1. The molecule has 0 heterocycles. The normalized spacial score (nSPS) is 12.5. The number of carbonyl (C=O) groups excluding carboxylic acids is 2. The lowest BCUT2D eigenvalue weighted by Gasteiger charge is -2.20. The van der Waals surface area contributed by atoms with Crippen molar-refractivity contribution in [3.63, 3.8) is 0 Å². The highest BCUT2D eigenvalue weighted by Gasteiger charge is 2.22. The van der Waals surface area contributed by atoms with Crippen LogP contribution in [0.4, 0.5) is 5.69 Å². The first-order chi connectivity index (χ1) is 14.6. The van der Waals surface area contributed by atoms with E-state index in [-0.39, 0.29) is 13.1 Å². The van der Waals surface area contributed by atoms with Crippen molar-refractivity contribution in [2.75, 3.05) is 18.1 Å². The van der Waals surface area contributed by atoms with Crippen LogP contribution in [-0.4, -0.2) is 37.3 Å². The molecule has 0 aliphatic heterocycles. The maximum absolute atomic E-state index is 12.5. The lowest BCUT2D eigenvalue weighted by atomic mass is 10.1. The lowest BCUT2D eigenvalue weighted by molar-refractivity contribution is -0.117. The zero-order chi connectivity index (χ0) is 23.0. The summed E-state index contributed by atoms with van der Waals surface area (Å²) in [6, 6.07) is 14.5.